The zero-order chi connectivity index (χ0) is 13.1. The van der Waals surface area contributed by atoms with E-state index in [2.05, 4.69) is 17.4 Å². The lowest BCUT2D eigenvalue weighted by atomic mass is 9.97. The van der Waals surface area contributed by atoms with Gasteiger partial charge in [0.05, 0.1) is 6.04 Å². The van der Waals surface area contributed by atoms with Crippen molar-refractivity contribution >= 4 is 23.2 Å². The van der Waals surface area contributed by atoms with E-state index in [-0.39, 0.29) is 6.04 Å². The maximum absolute atomic E-state index is 6.06. The Labute approximate surface area is 118 Å². The molecule has 0 amide bonds. The predicted octanol–water partition coefficient (Wildman–Crippen LogP) is 4.61. The molecule has 1 nitrogen and oxygen atoms in total. The van der Waals surface area contributed by atoms with Crippen LogP contribution in [0.25, 0.3) is 0 Å². The molecule has 0 saturated carbocycles. The van der Waals surface area contributed by atoms with Crippen molar-refractivity contribution in [1.82, 2.24) is 5.32 Å². The molecule has 0 spiro atoms. The Bertz CT molecular complexity index is 552. The lowest BCUT2D eigenvalue weighted by molar-refractivity contribution is 0.691. The summed E-state index contributed by atoms with van der Waals surface area (Å²) >= 11 is 12.1. The molecule has 0 fully saturated rings. The van der Waals surface area contributed by atoms with Crippen molar-refractivity contribution in [2.45, 2.75) is 13.0 Å². The van der Waals surface area contributed by atoms with Crippen LogP contribution in [0.5, 0.6) is 0 Å². The topological polar surface area (TPSA) is 12.0 Å². The van der Waals surface area contributed by atoms with Crippen LogP contribution in [0.4, 0.5) is 0 Å². The third-order valence-corrected chi connectivity index (χ3v) is 3.65. The maximum Gasteiger partial charge on any atom is 0.0574 e. The lowest BCUT2D eigenvalue weighted by Gasteiger charge is -2.18. The molecule has 94 valence electrons. The molecular weight excluding hydrogens is 265 g/mol. The highest BCUT2D eigenvalue weighted by Crippen LogP contribution is 2.26. The SMILES string of the molecule is CNC(c1cccc(Cl)c1)c1ccc(Cl)c(C)c1. The summed E-state index contributed by atoms with van der Waals surface area (Å²) in [6.07, 6.45) is 0. The summed E-state index contributed by atoms with van der Waals surface area (Å²) in [6, 6.07) is 14.1. The van der Waals surface area contributed by atoms with Crippen molar-refractivity contribution in [3.05, 3.63) is 69.2 Å². The molecule has 1 atom stereocenters. The molecule has 2 aromatic carbocycles. The monoisotopic (exact) mass is 279 g/mol. The van der Waals surface area contributed by atoms with Crippen LogP contribution in [-0.2, 0) is 0 Å². The zero-order valence-electron chi connectivity index (χ0n) is 10.4. The van der Waals surface area contributed by atoms with E-state index in [9.17, 15) is 0 Å². The Morgan fingerprint density at radius 3 is 2.33 bits per heavy atom. The van der Waals surface area contributed by atoms with E-state index in [4.69, 9.17) is 23.2 Å². The summed E-state index contributed by atoms with van der Waals surface area (Å²) in [7, 11) is 1.94. The third-order valence-electron chi connectivity index (χ3n) is 2.99. The van der Waals surface area contributed by atoms with Gasteiger partial charge in [0.15, 0.2) is 0 Å². The molecule has 0 aromatic heterocycles. The second-order valence-electron chi connectivity index (χ2n) is 4.29. The van der Waals surface area contributed by atoms with Crippen molar-refractivity contribution in [3.63, 3.8) is 0 Å². The first-order valence-corrected chi connectivity index (χ1v) is 6.56. The maximum atomic E-state index is 6.06. The normalized spacial score (nSPS) is 12.4. The smallest absolute Gasteiger partial charge is 0.0574 e. The molecule has 0 aliphatic carbocycles. The minimum absolute atomic E-state index is 0.125. The van der Waals surface area contributed by atoms with E-state index in [1.165, 1.54) is 5.56 Å². The molecule has 0 radical (unpaired) electrons. The van der Waals surface area contributed by atoms with Gasteiger partial charge in [-0.25, -0.2) is 0 Å². The Morgan fingerprint density at radius 2 is 1.72 bits per heavy atom. The molecule has 0 aliphatic rings. The van der Waals surface area contributed by atoms with Crippen molar-refractivity contribution in [2.75, 3.05) is 7.05 Å². The standard InChI is InChI=1S/C15H15Cl2N/c1-10-8-12(6-7-14(10)17)15(18-2)11-4-3-5-13(16)9-11/h3-9,15,18H,1-2H3. The third kappa shape index (κ3) is 2.86. The first-order valence-electron chi connectivity index (χ1n) is 5.80. The fourth-order valence-corrected chi connectivity index (χ4v) is 2.38. The molecule has 0 saturated heterocycles. The van der Waals surface area contributed by atoms with Gasteiger partial charge in [-0.15, -0.1) is 0 Å². The lowest BCUT2D eigenvalue weighted by Crippen LogP contribution is -2.17. The fourth-order valence-electron chi connectivity index (χ4n) is 2.06. The van der Waals surface area contributed by atoms with Crippen molar-refractivity contribution in [2.24, 2.45) is 0 Å². The van der Waals surface area contributed by atoms with Crippen molar-refractivity contribution < 1.29 is 0 Å². The molecule has 2 aromatic rings. The number of aryl methyl sites for hydroxylation is 1. The van der Waals surface area contributed by atoms with Crippen LogP contribution in [0.3, 0.4) is 0 Å². The predicted molar refractivity (Wildman–Crippen MR) is 78.5 cm³/mol. The van der Waals surface area contributed by atoms with E-state index >= 15 is 0 Å². The van der Waals surface area contributed by atoms with Crippen LogP contribution < -0.4 is 5.32 Å². The Morgan fingerprint density at radius 1 is 1.00 bits per heavy atom. The molecule has 0 aliphatic heterocycles. The van der Waals surface area contributed by atoms with Gasteiger partial charge in [-0.3, -0.25) is 0 Å². The van der Waals surface area contributed by atoms with E-state index in [1.807, 2.05) is 44.3 Å². The van der Waals surface area contributed by atoms with Crippen LogP contribution in [0, 0.1) is 6.92 Å². The van der Waals surface area contributed by atoms with Gasteiger partial charge in [0.2, 0.25) is 0 Å². The molecule has 0 heterocycles. The summed E-state index contributed by atoms with van der Waals surface area (Å²) in [5.41, 5.74) is 3.41. The average molecular weight is 280 g/mol. The van der Waals surface area contributed by atoms with Crippen molar-refractivity contribution in [3.8, 4) is 0 Å². The van der Waals surface area contributed by atoms with E-state index in [0.29, 0.717) is 0 Å². The Balaban J connectivity index is 2.42. The first-order chi connectivity index (χ1) is 8.61. The quantitative estimate of drug-likeness (QED) is 0.865. The second kappa shape index (κ2) is 5.75. The molecule has 1 unspecified atom stereocenters. The van der Waals surface area contributed by atoms with Gasteiger partial charge in [0.1, 0.15) is 0 Å². The van der Waals surface area contributed by atoms with Crippen LogP contribution in [0.1, 0.15) is 22.7 Å². The number of hydrogen-bond acceptors (Lipinski definition) is 1. The molecule has 1 N–H and O–H groups in total. The van der Waals surface area contributed by atoms with Gasteiger partial charge in [-0.05, 0) is 48.9 Å². The van der Waals surface area contributed by atoms with Crippen LogP contribution in [0.2, 0.25) is 10.0 Å². The molecule has 2 rings (SSSR count). The first kappa shape index (κ1) is 13.4. The van der Waals surface area contributed by atoms with Crippen LogP contribution in [0.15, 0.2) is 42.5 Å². The van der Waals surface area contributed by atoms with Gasteiger partial charge in [-0.2, -0.15) is 0 Å². The average Bonchev–Trinajstić information content (AvgIpc) is 2.35. The fraction of sp³-hybridized carbons (Fsp3) is 0.200. The highest BCUT2D eigenvalue weighted by Gasteiger charge is 2.12. The highest BCUT2D eigenvalue weighted by molar-refractivity contribution is 6.31. The summed E-state index contributed by atoms with van der Waals surface area (Å²) < 4.78 is 0. The van der Waals surface area contributed by atoms with Crippen LogP contribution >= 0.6 is 23.2 Å². The van der Waals surface area contributed by atoms with E-state index in [1.54, 1.807) is 0 Å². The number of benzene rings is 2. The van der Waals surface area contributed by atoms with Gasteiger partial charge in [-0.1, -0.05) is 47.5 Å². The van der Waals surface area contributed by atoms with Crippen LogP contribution in [-0.4, -0.2) is 7.05 Å². The minimum Gasteiger partial charge on any atom is -0.309 e. The van der Waals surface area contributed by atoms with Gasteiger partial charge < -0.3 is 5.32 Å². The molecular formula is C15H15Cl2N. The number of rotatable bonds is 3. The van der Waals surface area contributed by atoms with Gasteiger partial charge >= 0.3 is 0 Å². The zero-order valence-corrected chi connectivity index (χ0v) is 11.9. The summed E-state index contributed by atoms with van der Waals surface area (Å²) in [6.45, 7) is 2.01. The number of halogens is 2. The van der Waals surface area contributed by atoms with E-state index in [0.717, 1.165) is 21.2 Å². The summed E-state index contributed by atoms with van der Waals surface area (Å²) in [5, 5.41) is 4.85. The Hall–Kier alpha value is -1.02. The molecule has 0 bridgehead atoms. The molecule has 18 heavy (non-hydrogen) atoms. The highest BCUT2D eigenvalue weighted by atomic mass is 35.5. The summed E-state index contributed by atoms with van der Waals surface area (Å²) in [4.78, 5) is 0. The van der Waals surface area contributed by atoms with Crippen molar-refractivity contribution in [1.29, 1.82) is 0 Å². The number of hydrogen-bond donors (Lipinski definition) is 1. The largest absolute Gasteiger partial charge is 0.309 e. The number of nitrogens with one attached hydrogen (secondary N) is 1. The van der Waals surface area contributed by atoms with E-state index < -0.39 is 0 Å². The van der Waals surface area contributed by atoms with Gasteiger partial charge in [0.25, 0.3) is 0 Å². The summed E-state index contributed by atoms with van der Waals surface area (Å²) in [5.74, 6) is 0. The Kier molecular flexibility index (Phi) is 4.28. The second-order valence-corrected chi connectivity index (χ2v) is 5.13. The molecule has 3 heteroatoms. The minimum atomic E-state index is 0.125. The van der Waals surface area contributed by atoms with Gasteiger partial charge in [0, 0.05) is 10.0 Å².